The Hall–Kier alpha value is -1.55. The molecule has 0 spiro atoms. The first kappa shape index (κ1) is 15.5. The van der Waals surface area contributed by atoms with Crippen LogP contribution in [0.3, 0.4) is 0 Å². The standard InChI is InChI=1S/C15H23NO3/c1-2-3-4-7-10-19-14-9-6-5-8-12(14)13(16)11-15(17)18/h5-6,8-9,13H,2-4,7,10-11,16H2,1H3,(H,17,18). The van der Waals surface area contributed by atoms with Crippen molar-refractivity contribution in [1.29, 1.82) is 0 Å². The van der Waals surface area contributed by atoms with Crippen molar-refractivity contribution in [2.75, 3.05) is 6.61 Å². The molecule has 0 fully saturated rings. The van der Waals surface area contributed by atoms with Gasteiger partial charge in [0.25, 0.3) is 0 Å². The molecule has 0 aliphatic rings. The molecule has 106 valence electrons. The van der Waals surface area contributed by atoms with E-state index in [1.54, 1.807) is 0 Å². The van der Waals surface area contributed by atoms with Crippen molar-refractivity contribution in [3.8, 4) is 5.75 Å². The van der Waals surface area contributed by atoms with Gasteiger partial charge < -0.3 is 15.6 Å². The lowest BCUT2D eigenvalue weighted by Gasteiger charge is -2.15. The maximum atomic E-state index is 10.7. The number of carbonyl (C=O) groups is 1. The third-order valence-electron chi connectivity index (χ3n) is 2.97. The van der Waals surface area contributed by atoms with Crippen LogP contribution in [-0.4, -0.2) is 17.7 Å². The number of nitrogens with two attached hydrogens (primary N) is 1. The van der Waals surface area contributed by atoms with Gasteiger partial charge in [0.05, 0.1) is 13.0 Å². The number of hydrogen-bond acceptors (Lipinski definition) is 3. The van der Waals surface area contributed by atoms with Gasteiger partial charge in [0.2, 0.25) is 0 Å². The Balaban J connectivity index is 2.55. The van der Waals surface area contributed by atoms with Crippen molar-refractivity contribution in [2.24, 2.45) is 5.73 Å². The summed E-state index contributed by atoms with van der Waals surface area (Å²) in [5.74, 6) is -0.196. The Kier molecular flexibility index (Phi) is 6.97. The normalized spacial score (nSPS) is 12.1. The monoisotopic (exact) mass is 265 g/mol. The van der Waals surface area contributed by atoms with E-state index in [-0.39, 0.29) is 6.42 Å². The van der Waals surface area contributed by atoms with Crippen LogP contribution >= 0.6 is 0 Å². The van der Waals surface area contributed by atoms with Crippen molar-refractivity contribution < 1.29 is 14.6 Å². The molecule has 19 heavy (non-hydrogen) atoms. The average Bonchev–Trinajstić information content (AvgIpc) is 2.38. The van der Waals surface area contributed by atoms with E-state index >= 15 is 0 Å². The number of aliphatic carboxylic acids is 1. The average molecular weight is 265 g/mol. The fourth-order valence-electron chi connectivity index (χ4n) is 1.93. The molecule has 0 heterocycles. The number of carboxylic acids is 1. The van der Waals surface area contributed by atoms with E-state index in [4.69, 9.17) is 15.6 Å². The molecule has 1 atom stereocenters. The lowest BCUT2D eigenvalue weighted by molar-refractivity contribution is -0.137. The summed E-state index contributed by atoms with van der Waals surface area (Å²) in [5.41, 5.74) is 6.65. The minimum absolute atomic E-state index is 0.0871. The van der Waals surface area contributed by atoms with E-state index in [1.165, 1.54) is 12.8 Å². The van der Waals surface area contributed by atoms with E-state index < -0.39 is 12.0 Å². The highest BCUT2D eigenvalue weighted by Gasteiger charge is 2.14. The molecule has 3 N–H and O–H groups in total. The molecule has 1 aromatic rings. The van der Waals surface area contributed by atoms with Crippen LogP contribution < -0.4 is 10.5 Å². The second-order valence-electron chi connectivity index (χ2n) is 4.65. The Labute approximate surface area is 114 Å². The van der Waals surface area contributed by atoms with E-state index in [1.807, 2.05) is 24.3 Å². The molecule has 0 aliphatic heterocycles. The fourth-order valence-corrected chi connectivity index (χ4v) is 1.93. The highest BCUT2D eigenvalue weighted by Crippen LogP contribution is 2.25. The number of rotatable bonds is 9. The molecule has 1 aromatic carbocycles. The van der Waals surface area contributed by atoms with Crippen LogP contribution in [0.1, 0.15) is 50.6 Å². The van der Waals surface area contributed by atoms with Gasteiger partial charge in [-0.15, -0.1) is 0 Å². The smallest absolute Gasteiger partial charge is 0.305 e. The molecule has 0 aromatic heterocycles. The Morgan fingerprint density at radius 3 is 2.74 bits per heavy atom. The highest BCUT2D eigenvalue weighted by molar-refractivity contribution is 5.68. The molecule has 1 rings (SSSR count). The predicted octanol–water partition coefficient (Wildman–Crippen LogP) is 3.12. The zero-order valence-electron chi connectivity index (χ0n) is 11.5. The summed E-state index contributed by atoms with van der Waals surface area (Å²) in [7, 11) is 0. The Bertz CT molecular complexity index is 393. The van der Waals surface area contributed by atoms with Crippen LogP contribution in [0, 0.1) is 0 Å². The molecule has 0 saturated carbocycles. The number of ether oxygens (including phenoxy) is 1. The zero-order valence-corrected chi connectivity index (χ0v) is 11.5. The fraction of sp³-hybridized carbons (Fsp3) is 0.533. The summed E-state index contributed by atoms with van der Waals surface area (Å²) in [6.45, 7) is 2.82. The summed E-state index contributed by atoms with van der Waals surface area (Å²) in [6.07, 6.45) is 4.48. The Morgan fingerprint density at radius 2 is 2.05 bits per heavy atom. The Morgan fingerprint density at radius 1 is 1.32 bits per heavy atom. The third kappa shape index (κ3) is 5.75. The summed E-state index contributed by atoms with van der Waals surface area (Å²) in [6, 6.07) is 6.87. The first-order chi connectivity index (χ1) is 9.15. The molecule has 0 amide bonds. The molecule has 4 heteroatoms. The molecular weight excluding hydrogens is 242 g/mol. The zero-order chi connectivity index (χ0) is 14.1. The molecule has 0 aliphatic carbocycles. The number of hydrogen-bond donors (Lipinski definition) is 2. The van der Waals surface area contributed by atoms with Crippen LogP contribution in [0.4, 0.5) is 0 Å². The van der Waals surface area contributed by atoms with Crippen LogP contribution in [0.5, 0.6) is 5.75 Å². The maximum absolute atomic E-state index is 10.7. The lowest BCUT2D eigenvalue weighted by atomic mass is 10.0. The summed E-state index contributed by atoms with van der Waals surface area (Å²) in [4.78, 5) is 10.7. The first-order valence-electron chi connectivity index (χ1n) is 6.84. The van der Waals surface area contributed by atoms with Gasteiger partial charge in [-0.25, -0.2) is 0 Å². The number of carboxylic acid groups (broad SMARTS) is 1. The van der Waals surface area contributed by atoms with E-state index in [0.717, 1.165) is 18.4 Å². The number of para-hydroxylation sites is 1. The lowest BCUT2D eigenvalue weighted by Crippen LogP contribution is -2.16. The van der Waals surface area contributed by atoms with Gasteiger partial charge in [0.15, 0.2) is 0 Å². The van der Waals surface area contributed by atoms with Crippen LogP contribution in [0.15, 0.2) is 24.3 Å². The van der Waals surface area contributed by atoms with Crippen LogP contribution in [0.2, 0.25) is 0 Å². The van der Waals surface area contributed by atoms with Crippen LogP contribution in [-0.2, 0) is 4.79 Å². The van der Waals surface area contributed by atoms with Crippen molar-refractivity contribution in [2.45, 2.75) is 45.1 Å². The van der Waals surface area contributed by atoms with Gasteiger partial charge in [-0.3, -0.25) is 4.79 Å². The van der Waals surface area contributed by atoms with Crippen molar-refractivity contribution in [3.63, 3.8) is 0 Å². The second kappa shape index (κ2) is 8.53. The van der Waals surface area contributed by atoms with Crippen molar-refractivity contribution >= 4 is 5.97 Å². The first-order valence-corrected chi connectivity index (χ1v) is 6.84. The number of benzene rings is 1. The SMILES string of the molecule is CCCCCCOc1ccccc1C(N)CC(=O)O. The van der Waals surface area contributed by atoms with Crippen LogP contribution in [0.25, 0.3) is 0 Å². The summed E-state index contributed by atoms with van der Waals surface area (Å²) < 4.78 is 5.71. The maximum Gasteiger partial charge on any atom is 0.305 e. The minimum atomic E-state index is -0.898. The minimum Gasteiger partial charge on any atom is -0.493 e. The van der Waals surface area contributed by atoms with Gasteiger partial charge >= 0.3 is 5.97 Å². The van der Waals surface area contributed by atoms with Gasteiger partial charge in [-0.2, -0.15) is 0 Å². The summed E-state index contributed by atoms with van der Waals surface area (Å²) in [5, 5.41) is 8.79. The van der Waals surface area contributed by atoms with E-state index in [0.29, 0.717) is 12.4 Å². The highest BCUT2D eigenvalue weighted by atomic mass is 16.5. The predicted molar refractivity (Wildman–Crippen MR) is 75.3 cm³/mol. The van der Waals surface area contributed by atoms with Gasteiger partial charge in [-0.1, -0.05) is 44.4 Å². The van der Waals surface area contributed by atoms with Crippen molar-refractivity contribution in [3.05, 3.63) is 29.8 Å². The summed E-state index contributed by atoms with van der Waals surface area (Å²) >= 11 is 0. The topological polar surface area (TPSA) is 72.5 Å². The van der Waals surface area contributed by atoms with E-state index in [2.05, 4.69) is 6.92 Å². The molecule has 0 saturated heterocycles. The molecular formula is C15H23NO3. The molecule has 0 radical (unpaired) electrons. The largest absolute Gasteiger partial charge is 0.493 e. The third-order valence-corrected chi connectivity index (χ3v) is 2.97. The van der Waals surface area contributed by atoms with Gasteiger partial charge in [0, 0.05) is 11.6 Å². The molecule has 1 unspecified atom stereocenters. The molecule has 4 nitrogen and oxygen atoms in total. The van der Waals surface area contributed by atoms with E-state index in [9.17, 15) is 4.79 Å². The molecule has 0 bridgehead atoms. The van der Waals surface area contributed by atoms with Crippen molar-refractivity contribution in [1.82, 2.24) is 0 Å². The van der Waals surface area contributed by atoms with Gasteiger partial charge in [-0.05, 0) is 12.5 Å². The van der Waals surface area contributed by atoms with Gasteiger partial charge in [0.1, 0.15) is 5.75 Å². The second-order valence-corrected chi connectivity index (χ2v) is 4.65. The quantitative estimate of drug-likeness (QED) is 0.673. The number of unbranched alkanes of at least 4 members (excludes halogenated alkanes) is 3.